The van der Waals surface area contributed by atoms with Crippen LogP contribution in [0.5, 0.6) is 0 Å². The van der Waals surface area contributed by atoms with Crippen molar-refractivity contribution in [3.05, 3.63) is 89.2 Å². The maximum atomic E-state index is 14.0. The summed E-state index contributed by atoms with van der Waals surface area (Å²) in [5.41, 5.74) is 5.63. The molecule has 0 aliphatic carbocycles. The summed E-state index contributed by atoms with van der Waals surface area (Å²) in [7, 11) is -3.82. The highest BCUT2D eigenvalue weighted by molar-refractivity contribution is 7.92. The average molecular weight is 427 g/mol. The van der Waals surface area contributed by atoms with Crippen LogP contribution in [0, 0.1) is 12.7 Å². The van der Waals surface area contributed by atoms with Crippen molar-refractivity contribution in [1.82, 2.24) is 0 Å². The summed E-state index contributed by atoms with van der Waals surface area (Å²) in [5, 5.41) is 2.52. The maximum Gasteiger partial charge on any atom is 0.261 e. The van der Waals surface area contributed by atoms with E-state index < -0.39 is 27.7 Å². The van der Waals surface area contributed by atoms with Crippen LogP contribution in [0.2, 0.25) is 0 Å². The van der Waals surface area contributed by atoms with Crippen LogP contribution in [0.4, 0.5) is 15.8 Å². The predicted octanol–water partition coefficient (Wildman–Crippen LogP) is 3.29. The van der Waals surface area contributed by atoms with Crippen molar-refractivity contribution < 1.29 is 22.4 Å². The first-order valence-corrected chi connectivity index (χ1v) is 10.2. The van der Waals surface area contributed by atoms with Crippen LogP contribution in [0.25, 0.3) is 0 Å². The van der Waals surface area contributed by atoms with E-state index in [1.807, 2.05) is 0 Å². The number of halogens is 1. The summed E-state index contributed by atoms with van der Waals surface area (Å²) in [6.07, 6.45) is 0. The molecular weight excluding hydrogens is 409 g/mol. The monoisotopic (exact) mass is 427 g/mol. The number of rotatable bonds is 6. The van der Waals surface area contributed by atoms with E-state index >= 15 is 0 Å². The van der Waals surface area contributed by atoms with E-state index in [-0.39, 0.29) is 33.0 Å². The molecule has 30 heavy (non-hydrogen) atoms. The maximum absolute atomic E-state index is 14.0. The van der Waals surface area contributed by atoms with Gasteiger partial charge in [0.15, 0.2) is 0 Å². The molecule has 4 N–H and O–H groups in total. The summed E-state index contributed by atoms with van der Waals surface area (Å²) < 4.78 is 41.4. The Morgan fingerprint density at radius 1 is 0.933 bits per heavy atom. The van der Waals surface area contributed by atoms with Crippen LogP contribution in [-0.4, -0.2) is 20.2 Å². The second-order valence-corrected chi connectivity index (χ2v) is 8.13. The Morgan fingerprint density at radius 2 is 1.63 bits per heavy atom. The van der Waals surface area contributed by atoms with Crippen LogP contribution < -0.4 is 15.8 Å². The van der Waals surface area contributed by atoms with Crippen molar-refractivity contribution >= 4 is 33.2 Å². The third kappa shape index (κ3) is 4.64. The molecule has 0 atom stereocenters. The molecule has 154 valence electrons. The molecular formula is C21H18FN3O4S. The van der Waals surface area contributed by atoms with Gasteiger partial charge in [-0.05, 0) is 49.4 Å². The van der Waals surface area contributed by atoms with Crippen molar-refractivity contribution in [3.63, 3.8) is 0 Å². The smallest absolute Gasteiger partial charge is 0.261 e. The molecule has 7 nitrogen and oxygen atoms in total. The molecule has 0 unspecified atom stereocenters. The predicted molar refractivity (Wildman–Crippen MR) is 111 cm³/mol. The SMILES string of the molecule is Cc1c(F)cc(C(N)=O)cc1NC(=O)c1cccc(NS(=O)(=O)c2ccccc2)c1. The molecule has 0 saturated carbocycles. The zero-order valence-electron chi connectivity index (χ0n) is 15.8. The topological polar surface area (TPSA) is 118 Å². The van der Waals surface area contributed by atoms with Gasteiger partial charge in [0, 0.05) is 28.1 Å². The Labute approximate surface area is 172 Å². The van der Waals surface area contributed by atoms with Gasteiger partial charge in [-0.25, -0.2) is 12.8 Å². The van der Waals surface area contributed by atoms with Gasteiger partial charge in [0.05, 0.1) is 4.90 Å². The summed E-state index contributed by atoms with van der Waals surface area (Å²) in [6, 6.07) is 15.9. The van der Waals surface area contributed by atoms with Gasteiger partial charge in [-0.2, -0.15) is 0 Å². The molecule has 0 fully saturated rings. The molecule has 3 aromatic rings. The molecule has 9 heteroatoms. The highest BCUT2D eigenvalue weighted by Gasteiger charge is 2.16. The lowest BCUT2D eigenvalue weighted by atomic mass is 10.1. The molecule has 0 radical (unpaired) electrons. The molecule has 0 spiro atoms. The number of primary amides is 1. The quantitative estimate of drug-likeness (QED) is 0.559. The van der Waals surface area contributed by atoms with Crippen molar-refractivity contribution in [1.29, 1.82) is 0 Å². The largest absolute Gasteiger partial charge is 0.366 e. The molecule has 3 rings (SSSR count). The fourth-order valence-electron chi connectivity index (χ4n) is 2.68. The zero-order chi connectivity index (χ0) is 21.9. The minimum Gasteiger partial charge on any atom is -0.366 e. The van der Waals surface area contributed by atoms with Crippen LogP contribution in [0.3, 0.4) is 0 Å². The summed E-state index contributed by atoms with van der Waals surface area (Å²) in [6.45, 7) is 1.44. The van der Waals surface area contributed by atoms with Gasteiger partial charge in [0.1, 0.15) is 5.82 Å². The van der Waals surface area contributed by atoms with E-state index in [4.69, 9.17) is 5.73 Å². The van der Waals surface area contributed by atoms with Crippen LogP contribution in [0.1, 0.15) is 26.3 Å². The van der Waals surface area contributed by atoms with E-state index in [2.05, 4.69) is 10.0 Å². The second-order valence-electron chi connectivity index (χ2n) is 6.45. The van der Waals surface area contributed by atoms with Gasteiger partial charge >= 0.3 is 0 Å². The molecule has 0 aliphatic rings. The number of carbonyl (C=O) groups is 2. The Morgan fingerprint density at radius 3 is 2.30 bits per heavy atom. The fraction of sp³-hybridized carbons (Fsp3) is 0.0476. The van der Waals surface area contributed by atoms with E-state index in [0.29, 0.717) is 0 Å². The third-order valence-corrected chi connectivity index (χ3v) is 5.70. The van der Waals surface area contributed by atoms with Gasteiger partial charge in [-0.15, -0.1) is 0 Å². The van der Waals surface area contributed by atoms with Crippen molar-refractivity contribution in [2.24, 2.45) is 5.73 Å². The molecule has 0 aromatic heterocycles. The van der Waals surface area contributed by atoms with E-state index in [1.165, 1.54) is 49.4 Å². The second kappa shape index (κ2) is 8.34. The minimum absolute atomic E-state index is 0.0780. The van der Waals surface area contributed by atoms with Gasteiger partial charge in [-0.3, -0.25) is 14.3 Å². The standard InChI is InChI=1S/C21H18FN3O4S/c1-13-18(22)11-15(20(23)26)12-19(13)24-21(27)14-6-5-7-16(10-14)25-30(28,29)17-8-3-2-4-9-17/h2-12,25H,1H3,(H2,23,26)(H,24,27). The van der Waals surface area contributed by atoms with Crippen molar-refractivity contribution in [2.75, 3.05) is 10.0 Å². The Bertz CT molecular complexity index is 1230. The number of carbonyl (C=O) groups excluding carboxylic acids is 2. The van der Waals surface area contributed by atoms with Crippen molar-refractivity contribution in [3.8, 4) is 0 Å². The molecule has 2 amide bonds. The number of sulfonamides is 1. The first-order chi connectivity index (χ1) is 14.2. The van der Waals surface area contributed by atoms with Crippen LogP contribution >= 0.6 is 0 Å². The lowest BCUT2D eigenvalue weighted by Crippen LogP contribution is -2.17. The highest BCUT2D eigenvalue weighted by atomic mass is 32.2. The van der Waals surface area contributed by atoms with Gasteiger partial charge in [0.2, 0.25) is 5.91 Å². The number of amides is 2. The summed E-state index contributed by atoms with van der Waals surface area (Å²) in [4.78, 5) is 24.0. The number of hydrogen-bond donors (Lipinski definition) is 3. The average Bonchev–Trinajstić information content (AvgIpc) is 2.71. The van der Waals surface area contributed by atoms with Gasteiger partial charge in [0.25, 0.3) is 15.9 Å². The molecule has 0 saturated heterocycles. The van der Waals surface area contributed by atoms with Gasteiger partial charge < -0.3 is 11.1 Å². The number of nitrogens with one attached hydrogen (secondary N) is 2. The Kier molecular flexibility index (Phi) is 5.84. The number of nitrogens with two attached hydrogens (primary N) is 1. The number of anilines is 2. The fourth-order valence-corrected chi connectivity index (χ4v) is 3.75. The van der Waals surface area contributed by atoms with Crippen molar-refractivity contribution in [2.45, 2.75) is 11.8 Å². The zero-order valence-corrected chi connectivity index (χ0v) is 16.7. The number of hydrogen-bond acceptors (Lipinski definition) is 4. The minimum atomic E-state index is -3.82. The first-order valence-electron chi connectivity index (χ1n) is 8.76. The molecule has 0 bridgehead atoms. The normalized spacial score (nSPS) is 11.0. The Hall–Kier alpha value is -3.72. The van der Waals surface area contributed by atoms with Gasteiger partial charge in [-0.1, -0.05) is 24.3 Å². The lowest BCUT2D eigenvalue weighted by molar-refractivity contribution is 0.0995. The number of benzene rings is 3. The Balaban J connectivity index is 1.85. The first kappa shape index (κ1) is 21.0. The third-order valence-electron chi connectivity index (χ3n) is 4.31. The van der Waals surface area contributed by atoms with Crippen LogP contribution in [-0.2, 0) is 10.0 Å². The molecule has 0 aliphatic heterocycles. The molecule has 3 aromatic carbocycles. The summed E-state index contributed by atoms with van der Waals surface area (Å²) in [5.74, 6) is -2.13. The van der Waals surface area contributed by atoms with E-state index in [9.17, 15) is 22.4 Å². The lowest BCUT2D eigenvalue weighted by Gasteiger charge is -2.12. The van der Waals surface area contributed by atoms with E-state index in [0.717, 1.165) is 6.07 Å². The van der Waals surface area contributed by atoms with E-state index in [1.54, 1.807) is 18.2 Å². The summed E-state index contributed by atoms with van der Waals surface area (Å²) >= 11 is 0. The molecule has 0 heterocycles. The van der Waals surface area contributed by atoms with Crippen LogP contribution in [0.15, 0.2) is 71.6 Å². The highest BCUT2D eigenvalue weighted by Crippen LogP contribution is 2.22.